The van der Waals surface area contributed by atoms with Crippen LogP contribution in [-0.4, -0.2) is 82.7 Å². The van der Waals surface area contributed by atoms with Gasteiger partial charge in [0.05, 0.1) is 16.3 Å². The van der Waals surface area contributed by atoms with Crippen LogP contribution in [0, 0.1) is 17.3 Å². The number of hydrogen-bond donors (Lipinski definition) is 4. The zero-order chi connectivity index (χ0) is 39.4. The fourth-order valence-electron chi connectivity index (χ4n) is 7.54. The van der Waals surface area contributed by atoms with E-state index in [0.29, 0.717) is 40.9 Å². The smallest absolute Gasteiger partial charge is 0.259 e. The maximum Gasteiger partial charge on any atom is 0.259 e. The molecule has 55 heavy (non-hydrogen) atoms. The molecule has 4 aliphatic rings. The van der Waals surface area contributed by atoms with E-state index < -0.39 is 73.9 Å². The van der Waals surface area contributed by atoms with E-state index >= 15 is 0 Å². The summed E-state index contributed by atoms with van der Waals surface area (Å²) in [5, 5.41) is 8.69. The lowest BCUT2D eigenvalue weighted by atomic mass is 9.85. The maximum absolute atomic E-state index is 14.6. The molecule has 4 N–H and O–H groups in total. The van der Waals surface area contributed by atoms with Crippen molar-refractivity contribution in [2.45, 2.75) is 94.6 Å². The summed E-state index contributed by atoms with van der Waals surface area (Å²) < 4.78 is 29.5. The molecule has 0 unspecified atom stereocenters. The van der Waals surface area contributed by atoms with Crippen molar-refractivity contribution in [1.29, 1.82) is 0 Å². The molecule has 3 heterocycles. The highest BCUT2D eigenvalue weighted by Crippen LogP contribution is 2.45. The fourth-order valence-corrected chi connectivity index (χ4v) is 9.03. The molecule has 5 amide bonds. The fraction of sp³-hybridized carbons (Fsp3) is 0.475. The van der Waals surface area contributed by atoms with E-state index in [4.69, 9.17) is 11.6 Å². The molecule has 7 rings (SSSR count). The largest absolute Gasteiger partial charge is 0.347 e. The first-order chi connectivity index (χ1) is 26.0. The van der Waals surface area contributed by atoms with Gasteiger partial charge >= 0.3 is 0 Å². The first-order valence-electron chi connectivity index (χ1n) is 18.8. The highest BCUT2D eigenvalue weighted by Gasteiger charge is 2.62. The van der Waals surface area contributed by atoms with Crippen LogP contribution in [0.1, 0.15) is 76.1 Å². The molecule has 1 aromatic carbocycles. The number of hydrogen-bond acceptors (Lipinski definition) is 7. The second-order valence-electron chi connectivity index (χ2n) is 16.5. The Hall–Kier alpha value is -4.69. The minimum atomic E-state index is -3.91. The maximum atomic E-state index is 14.6. The number of likely N-dealkylation sites (tertiary alicyclic amines) is 1. The number of halogens is 1. The lowest BCUT2D eigenvalue weighted by Gasteiger charge is -2.35. The van der Waals surface area contributed by atoms with Gasteiger partial charge in [-0.05, 0) is 79.7 Å². The average molecular weight is 791 g/mol. The molecule has 3 aromatic rings. The standard InChI is InChI=1S/C40H47ClN6O7S/c1-5-25-20-40(25,38(52)45-55(53,54)28-15-16-28)44-35(49)31-19-27(21-47(31)37(51)34(39(2,3)4)43-32(48)18-23-9-10-23)42-36(50)33-29(24-11-13-26(41)14-12-24)22-46-17-7-6-8-30(33)46/h5-8,11-14,17,22-23,25,27-28,31,34H,1,9-10,15-16,18-21H2,2-4H3,(H,42,50)(H,43,48)(H,44,49)(H,45,52)/t25-,27+,31-,34+,40+/m0/s1. The van der Waals surface area contributed by atoms with Crippen LogP contribution in [0.15, 0.2) is 67.5 Å². The molecule has 5 atom stereocenters. The summed E-state index contributed by atoms with van der Waals surface area (Å²) >= 11 is 6.17. The molecule has 3 saturated carbocycles. The molecule has 13 nitrogen and oxygen atoms in total. The Balaban J connectivity index is 1.18. The molecule has 0 spiro atoms. The Kier molecular flexibility index (Phi) is 10.1. The van der Waals surface area contributed by atoms with Crippen LogP contribution in [0.3, 0.4) is 0 Å². The Morgan fingerprint density at radius 1 is 1.04 bits per heavy atom. The van der Waals surface area contributed by atoms with Crippen LogP contribution in [0.2, 0.25) is 5.02 Å². The molecule has 4 fully saturated rings. The van der Waals surface area contributed by atoms with E-state index in [1.807, 2.05) is 67.9 Å². The summed E-state index contributed by atoms with van der Waals surface area (Å²) in [6.07, 6.45) is 8.42. The molecule has 1 aliphatic heterocycles. The first-order valence-corrected chi connectivity index (χ1v) is 20.7. The number of pyridine rings is 1. The first kappa shape index (κ1) is 38.6. The van der Waals surface area contributed by atoms with Crippen molar-refractivity contribution in [2.75, 3.05) is 6.54 Å². The number of carbonyl (C=O) groups is 5. The number of aromatic nitrogens is 1. The number of fused-ring (bicyclic) bond motifs is 1. The number of sulfonamides is 1. The van der Waals surface area contributed by atoms with Gasteiger partial charge < -0.3 is 25.3 Å². The second kappa shape index (κ2) is 14.4. The van der Waals surface area contributed by atoms with Gasteiger partial charge in [0.15, 0.2) is 0 Å². The highest BCUT2D eigenvalue weighted by atomic mass is 35.5. The predicted molar refractivity (Wildman–Crippen MR) is 207 cm³/mol. The molecule has 292 valence electrons. The molecule has 15 heteroatoms. The number of rotatable bonds is 13. The van der Waals surface area contributed by atoms with Crippen LogP contribution >= 0.6 is 11.6 Å². The Bertz CT molecular complexity index is 2170. The molecular weight excluding hydrogens is 744 g/mol. The van der Waals surface area contributed by atoms with Gasteiger partial charge in [0.25, 0.3) is 11.8 Å². The average Bonchev–Trinajstić information content (AvgIpc) is 4.07. The molecule has 3 aliphatic carbocycles. The van der Waals surface area contributed by atoms with E-state index in [0.717, 1.165) is 18.4 Å². The van der Waals surface area contributed by atoms with E-state index in [9.17, 15) is 32.4 Å². The van der Waals surface area contributed by atoms with Gasteiger partial charge in [0, 0.05) is 47.9 Å². The van der Waals surface area contributed by atoms with Crippen LogP contribution in [-0.2, 0) is 29.2 Å². The zero-order valence-corrected chi connectivity index (χ0v) is 32.7. The number of benzene rings is 1. The van der Waals surface area contributed by atoms with Crippen molar-refractivity contribution in [3.63, 3.8) is 0 Å². The number of nitrogens with one attached hydrogen (secondary N) is 4. The third-order valence-corrected chi connectivity index (χ3v) is 13.2. The quantitative estimate of drug-likeness (QED) is 0.190. The van der Waals surface area contributed by atoms with Gasteiger partial charge in [0.1, 0.15) is 17.6 Å². The van der Waals surface area contributed by atoms with Crippen molar-refractivity contribution in [1.82, 2.24) is 30.0 Å². The van der Waals surface area contributed by atoms with Crippen molar-refractivity contribution in [3.05, 3.63) is 78.1 Å². The number of carbonyl (C=O) groups excluding carboxylic acids is 5. The normalized spacial score (nSPS) is 24.1. The monoisotopic (exact) mass is 790 g/mol. The Labute approximate surface area is 325 Å². The molecule has 0 radical (unpaired) electrons. The number of amides is 5. The van der Waals surface area contributed by atoms with Crippen LogP contribution in [0.5, 0.6) is 0 Å². The number of nitrogens with zero attached hydrogens (tertiary/aromatic N) is 2. The SMILES string of the molecule is C=C[C@H]1C[C@]1(NC(=O)[C@@H]1C[C@@H](NC(=O)c2c(-c3ccc(Cl)cc3)cn3ccccc23)CN1C(=O)[C@@H](NC(=O)CC1CC1)C(C)(C)C)C(=O)NS(=O)(=O)C1CC1. The van der Waals surface area contributed by atoms with Gasteiger partial charge in [-0.1, -0.05) is 56.6 Å². The molecule has 1 saturated heterocycles. The van der Waals surface area contributed by atoms with Gasteiger partial charge in [-0.2, -0.15) is 0 Å². The van der Waals surface area contributed by atoms with E-state index in [1.165, 1.54) is 11.0 Å². The van der Waals surface area contributed by atoms with Crippen molar-refractivity contribution in [2.24, 2.45) is 17.3 Å². The summed E-state index contributed by atoms with van der Waals surface area (Å²) in [4.78, 5) is 71.2. The summed E-state index contributed by atoms with van der Waals surface area (Å²) in [5.41, 5.74) is 0.146. The second-order valence-corrected chi connectivity index (χ2v) is 18.9. The zero-order valence-electron chi connectivity index (χ0n) is 31.1. The molecule has 0 bridgehead atoms. The third kappa shape index (κ3) is 8.02. The van der Waals surface area contributed by atoms with Crippen molar-refractivity contribution >= 4 is 56.7 Å². The minimum absolute atomic E-state index is 0.00487. The molecule has 2 aromatic heterocycles. The Morgan fingerprint density at radius 2 is 1.75 bits per heavy atom. The van der Waals surface area contributed by atoms with Gasteiger partial charge in [0.2, 0.25) is 27.7 Å². The Morgan fingerprint density at radius 3 is 2.36 bits per heavy atom. The minimum Gasteiger partial charge on any atom is -0.347 e. The van der Waals surface area contributed by atoms with Crippen LogP contribution in [0.4, 0.5) is 0 Å². The van der Waals surface area contributed by atoms with Gasteiger partial charge in [-0.15, -0.1) is 6.58 Å². The predicted octanol–water partition coefficient (Wildman–Crippen LogP) is 3.96. The lowest BCUT2D eigenvalue weighted by Crippen LogP contribution is -2.60. The van der Waals surface area contributed by atoms with Gasteiger partial charge in [-0.3, -0.25) is 28.7 Å². The highest BCUT2D eigenvalue weighted by molar-refractivity contribution is 7.91. The summed E-state index contributed by atoms with van der Waals surface area (Å²) in [6.45, 7) is 9.20. The van der Waals surface area contributed by atoms with E-state index in [2.05, 4.69) is 27.3 Å². The topological polar surface area (TPSA) is 175 Å². The van der Waals surface area contributed by atoms with E-state index in [-0.39, 0.29) is 31.2 Å². The summed E-state index contributed by atoms with van der Waals surface area (Å²) in [5.74, 6) is -2.96. The third-order valence-electron chi connectivity index (χ3n) is 11.1. The van der Waals surface area contributed by atoms with E-state index in [1.54, 1.807) is 12.1 Å². The van der Waals surface area contributed by atoms with Crippen LogP contribution in [0.25, 0.3) is 16.6 Å². The van der Waals surface area contributed by atoms with Crippen molar-refractivity contribution in [3.8, 4) is 11.1 Å². The molecular formula is C40H47ClN6O7S. The summed E-state index contributed by atoms with van der Waals surface area (Å²) in [7, 11) is -3.91. The van der Waals surface area contributed by atoms with Gasteiger partial charge in [-0.25, -0.2) is 8.42 Å². The van der Waals surface area contributed by atoms with Crippen molar-refractivity contribution < 1.29 is 32.4 Å². The van der Waals surface area contributed by atoms with Crippen LogP contribution < -0.4 is 20.7 Å². The lowest BCUT2D eigenvalue weighted by molar-refractivity contribution is -0.144. The summed E-state index contributed by atoms with van der Waals surface area (Å²) in [6, 6.07) is 9.76.